The molecule has 90 valence electrons. The lowest BCUT2D eigenvalue weighted by Gasteiger charge is -2.05. The van der Waals surface area contributed by atoms with E-state index in [0.29, 0.717) is 4.77 Å². The molecule has 1 aromatic carbocycles. The van der Waals surface area contributed by atoms with Crippen LogP contribution in [-0.4, -0.2) is 25.0 Å². The van der Waals surface area contributed by atoms with Gasteiger partial charge >= 0.3 is 0 Å². The summed E-state index contributed by atoms with van der Waals surface area (Å²) in [4.78, 5) is 0. The van der Waals surface area contributed by atoms with Crippen LogP contribution in [0.2, 0.25) is 0 Å². The molecule has 0 aliphatic heterocycles. The van der Waals surface area contributed by atoms with Crippen molar-refractivity contribution in [2.45, 2.75) is 6.92 Å². The average molecular weight is 257 g/mol. The van der Waals surface area contributed by atoms with Gasteiger partial charge in [0.1, 0.15) is 0 Å². The van der Waals surface area contributed by atoms with Crippen LogP contribution in [0.3, 0.4) is 0 Å². The first-order valence-corrected chi connectivity index (χ1v) is 5.91. The monoisotopic (exact) mass is 257 g/mol. The molecule has 0 saturated heterocycles. The summed E-state index contributed by atoms with van der Waals surface area (Å²) in [6, 6.07) is 9.89. The van der Waals surface area contributed by atoms with Crippen molar-refractivity contribution in [1.29, 1.82) is 0 Å². The summed E-state index contributed by atoms with van der Waals surface area (Å²) in [5.41, 5.74) is 2.87. The lowest BCUT2D eigenvalue weighted by Crippen LogP contribution is -1.97. The highest BCUT2D eigenvalue weighted by Gasteiger charge is 2.13. The number of nitrogens with one attached hydrogen (secondary N) is 2. The molecule has 5 nitrogen and oxygen atoms in total. The molecule has 0 saturated carbocycles. The first kappa shape index (κ1) is 10.9. The minimum Gasteiger partial charge on any atom is -0.282 e. The first-order chi connectivity index (χ1) is 8.77. The van der Waals surface area contributed by atoms with Gasteiger partial charge in [0.05, 0.1) is 11.8 Å². The molecule has 0 radical (unpaired) electrons. The molecule has 0 spiro atoms. The van der Waals surface area contributed by atoms with Gasteiger partial charge in [-0.25, -0.2) is 0 Å². The Morgan fingerprint density at radius 3 is 2.61 bits per heavy atom. The van der Waals surface area contributed by atoms with Crippen molar-refractivity contribution in [1.82, 2.24) is 25.0 Å². The molecule has 2 N–H and O–H groups in total. The maximum atomic E-state index is 5.29. The molecule has 0 atom stereocenters. The number of aromatic nitrogens is 5. The van der Waals surface area contributed by atoms with Gasteiger partial charge in [-0.3, -0.25) is 14.8 Å². The molecule has 0 aliphatic carbocycles. The second-order valence-electron chi connectivity index (χ2n) is 3.93. The van der Waals surface area contributed by atoms with Gasteiger partial charge in [0.15, 0.2) is 10.6 Å². The van der Waals surface area contributed by atoms with E-state index < -0.39 is 0 Å². The molecule has 2 aromatic heterocycles. The van der Waals surface area contributed by atoms with Gasteiger partial charge in [-0.2, -0.15) is 10.2 Å². The third-order valence-corrected chi connectivity index (χ3v) is 3.03. The van der Waals surface area contributed by atoms with Crippen molar-refractivity contribution in [2.24, 2.45) is 0 Å². The summed E-state index contributed by atoms with van der Waals surface area (Å²) in [5, 5.41) is 14.0. The summed E-state index contributed by atoms with van der Waals surface area (Å²) < 4.78 is 2.46. The Kier molecular flexibility index (Phi) is 2.56. The average Bonchev–Trinajstić information content (AvgIpc) is 2.96. The molecular formula is C12H11N5S. The van der Waals surface area contributed by atoms with E-state index in [9.17, 15) is 0 Å². The van der Waals surface area contributed by atoms with E-state index in [0.717, 1.165) is 22.8 Å². The Labute approximate surface area is 108 Å². The molecule has 6 heteroatoms. The largest absolute Gasteiger partial charge is 0.282 e. The van der Waals surface area contributed by atoms with Crippen LogP contribution in [0.1, 0.15) is 5.69 Å². The Hall–Kier alpha value is -2.21. The van der Waals surface area contributed by atoms with Crippen LogP contribution in [0.4, 0.5) is 0 Å². The summed E-state index contributed by atoms with van der Waals surface area (Å²) in [6.07, 6.45) is 1.75. The fraction of sp³-hybridized carbons (Fsp3) is 0.0833. The van der Waals surface area contributed by atoms with Gasteiger partial charge in [-0.1, -0.05) is 18.2 Å². The zero-order chi connectivity index (χ0) is 12.5. The van der Waals surface area contributed by atoms with Gasteiger partial charge in [0, 0.05) is 11.4 Å². The summed E-state index contributed by atoms with van der Waals surface area (Å²) in [6.45, 7) is 1.95. The number of H-pyrrole nitrogens is 2. The quantitative estimate of drug-likeness (QED) is 0.694. The van der Waals surface area contributed by atoms with Crippen LogP contribution in [0.5, 0.6) is 0 Å². The molecular weight excluding hydrogens is 246 g/mol. The van der Waals surface area contributed by atoms with Gasteiger partial charge < -0.3 is 0 Å². The summed E-state index contributed by atoms with van der Waals surface area (Å²) in [5.74, 6) is 0.762. The van der Waals surface area contributed by atoms with Crippen molar-refractivity contribution < 1.29 is 0 Å². The fourth-order valence-corrected chi connectivity index (χ4v) is 2.11. The standard InChI is InChI=1S/C12H11N5S/c1-8-10(7-13-14-8)11-15-16-12(18)17(11)9-5-3-2-4-6-9/h2-7H,1H3,(H,13,14)(H,16,18). The lowest BCUT2D eigenvalue weighted by atomic mass is 10.2. The second kappa shape index (κ2) is 4.23. The minimum atomic E-state index is 0.566. The van der Waals surface area contributed by atoms with E-state index in [1.165, 1.54) is 0 Å². The van der Waals surface area contributed by atoms with Crippen molar-refractivity contribution in [3.8, 4) is 17.1 Å². The van der Waals surface area contributed by atoms with Crippen LogP contribution < -0.4 is 0 Å². The predicted octanol–water partition coefficient (Wildman–Crippen LogP) is 2.63. The van der Waals surface area contributed by atoms with E-state index >= 15 is 0 Å². The minimum absolute atomic E-state index is 0.566. The van der Waals surface area contributed by atoms with E-state index in [-0.39, 0.29) is 0 Å². The Bertz CT molecular complexity index is 722. The first-order valence-electron chi connectivity index (χ1n) is 5.50. The van der Waals surface area contributed by atoms with E-state index in [1.807, 2.05) is 41.8 Å². The van der Waals surface area contributed by atoms with Crippen molar-refractivity contribution >= 4 is 12.2 Å². The van der Waals surface area contributed by atoms with Crippen LogP contribution in [-0.2, 0) is 0 Å². The van der Waals surface area contributed by atoms with Crippen LogP contribution in [0.25, 0.3) is 17.1 Å². The SMILES string of the molecule is Cc1[nH]ncc1-c1n[nH]c(=S)n1-c1ccccc1. The van der Waals surface area contributed by atoms with Crippen molar-refractivity contribution in [3.05, 3.63) is 47.0 Å². The number of aromatic amines is 2. The molecule has 0 amide bonds. The molecule has 18 heavy (non-hydrogen) atoms. The summed E-state index contributed by atoms with van der Waals surface area (Å²) in [7, 11) is 0. The van der Waals surface area contributed by atoms with Crippen LogP contribution in [0, 0.1) is 11.7 Å². The Balaban J connectivity index is 2.26. The predicted molar refractivity (Wildman–Crippen MR) is 71.1 cm³/mol. The van der Waals surface area contributed by atoms with Crippen molar-refractivity contribution in [3.63, 3.8) is 0 Å². The molecule has 0 unspecified atom stereocenters. The van der Waals surface area contributed by atoms with E-state index in [2.05, 4.69) is 20.4 Å². The lowest BCUT2D eigenvalue weighted by molar-refractivity contribution is 1.03. The Morgan fingerprint density at radius 1 is 1.17 bits per heavy atom. The van der Waals surface area contributed by atoms with Crippen LogP contribution >= 0.6 is 12.2 Å². The third-order valence-electron chi connectivity index (χ3n) is 2.76. The molecule has 0 bridgehead atoms. The Morgan fingerprint density at radius 2 is 1.94 bits per heavy atom. The highest BCUT2D eigenvalue weighted by molar-refractivity contribution is 7.71. The maximum absolute atomic E-state index is 5.29. The number of nitrogens with zero attached hydrogens (tertiary/aromatic N) is 3. The smallest absolute Gasteiger partial charge is 0.200 e. The zero-order valence-corrected chi connectivity index (χ0v) is 10.5. The van der Waals surface area contributed by atoms with Gasteiger partial charge in [-0.15, -0.1) is 0 Å². The highest BCUT2D eigenvalue weighted by atomic mass is 32.1. The summed E-state index contributed by atoms with van der Waals surface area (Å²) >= 11 is 5.29. The van der Waals surface area contributed by atoms with Gasteiger partial charge in [-0.05, 0) is 31.3 Å². The fourth-order valence-electron chi connectivity index (χ4n) is 1.87. The molecule has 2 heterocycles. The van der Waals surface area contributed by atoms with Gasteiger partial charge in [0.25, 0.3) is 0 Å². The second-order valence-corrected chi connectivity index (χ2v) is 4.32. The number of hydrogen-bond donors (Lipinski definition) is 2. The van der Waals surface area contributed by atoms with Crippen LogP contribution in [0.15, 0.2) is 36.5 Å². The molecule has 3 rings (SSSR count). The number of benzene rings is 1. The highest BCUT2D eigenvalue weighted by Crippen LogP contribution is 2.22. The number of para-hydroxylation sites is 1. The number of rotatable bonds is 2. The topological polar surface area (TPSA) is 62.3 Å². The van der Waals surface area contributed by atoms with Gasteiger partial charge in [0.2, 0.25) is 0 Å². The molecule has 0 aliphatic rings. The van der Waals surface area contributed by atoms with E-state index in [4.69, 9.17) is 12.2 Å². The number of aryl methyl sites for hydroxylation is 1. The zero-order valence-electron chi connectivity index (χ0n) is 9.71. The molecule has 0 fully saturated rings. The maximum Gasteiger partial charge on any atom is 0.200 e. The third kappa shape index (κ3) is 1.67. The van der Waals surface area contributed by atoms with Crippen molar-refractivity contribution in [2.75, 3.05) is 0 Å². The molecule has 3 aromatic rings. The number of hydrogen-bond acceptors (Lipinski definition) is 3. The van der Waals surface area contributed by atoms with E-state index in [1.54, 1.807) is 6.20 Å². The normalized spacial score (nSPS) is 10.7.